The molecule has 0 aromatic heterocycles. The first-order valence-electron chi connectivity index (χ1n) is 3.27. The fourth-order valence-electron chi connectivity index (χ4n) is 0.815. The lowest BCUT2D eigenvalue weighted by Gasteiger charge is -2.10. The van der Waals surface area contributed by atoms with Crippen molar-refractivity contribution < 1.29 is 17.9 Å². The van der Waals surface area contributed by atoms with Crippen LogP contribution < -0.4 is 4.74 Å². The van der Waals surface area contributed by atoms with Gasteiger partial charge in [-0.25, -0.2) is 0 Å². The first-order chi connectivity index (χ1) is 5.96. The van der Waals surface area contributed by atoms with Crippen molar-refractivity contribution in [3.8, 4) is 5.75 Å². The van der Waals surface area contributed by atoms with Gasteiger partial charge >= 0.3 is 6.18 Å². The lowest BCUT2D eigenvalue weighted by atomic mass is 10.2. The Morgan fingerprint density at radius 1 is 1.38 bits per heavy atom. The summed E-state index contributed by atoms with van der Waals surface area (Å²) in [5, 5.41) is -0.436. The maximum absolute atomic E-state index is 12.2. The molecule has 0 N–H and O–H groups in total. The second-order valence-electron chi connectivity index (χ2n) is 2.25. The van der Waals surface area contributed by atoms with Gasteiger partial charge in [-0.2, -0.15) is 13.2 Å². The first-order valence-corrected chi connectivity index (χ1v) is 3.65. The Labute approximate surface area is 78.1 Å². The minimum Gasteiger partial charge on any atom is -0.495 e. The van der Waals surface area contributed by atoms with Crippen molar-refractivity contribution in [2.75, 3.05) is 7.11 Å². The van der Waals surface area contributed by atoms with E-state index in [-0.39, 0.29) is 5.75 Å². The molecule has 0 spiro atoms. The molecule has 0 heterocycles. The average Bonchev–Trinajstić information content (AvgIpc) is 2.02. The van der Waals surface area contributed by atoms with Crippen LogP contribution in [-0.4, -0.2) is 7.11 Å². The molecule has 71 valence electrons. The van der Waals surface area contributed by atoms with Crippen LogP contribution >= 0.6 is 11.6 Å². The summed E-state index contributed by atoms with van der Waals surface area (Å²) in [4.78, 5) is 0. The van der Waals surface area contributed by atoms with E-state index in [0.717, 1.165) is 6.07 Å². The quantitative estimate of drug-likeness (QED) is 0.690. The van der Waals surface area contributed by atoms with E-state index in [1.807, 2.05) is 0 Å². The Hall–Kier alpha value is -0.900. The first kappa shape index (κ1) is 10.2. The summed E-state index contributed by atoms with van der Waals surface area (Å²) in [7, 11) is 1.25. The highest BCUT2D eigenvalue weighted by atomic mass is 35.5. The smallest absolute Gasteiger partial charge is 0.418 e. The van der Waals surface area contributed by atoms with Crippen LogP contribution in [0.2, 0.25) is 5.02 Å². The zero-order valence-corrected chi connectivity index (χ0v) is 7.33. The molecule has 0 saturated heterocycles. The molecule has 0 aliphatic rings. The molecule has 1 aromatic rings. The molecule has 0 amide bonds. The van der Waals surface area contributed by atoms with Crippen molar-refractivity contribution in [2.24, 2.45) is 0 Å². The number of hydrogen-bond acceptors (Lipinski definition) is 1. The standard InChI is InChI=1S/C8H5ClF3O/c1-13-6-4-2-3-5(7(6)9)8(10,11)12/h3-4H,1H3. The van der Waals surface area contributed by atoms with Crippen molar-refractivity contribution in [1.82, 2.24) is 0 Å². The molecule has 0 aliphatic carbocycles. The third-order valence-electron chi connectivity index (χ3n) is 1.42. The van der Waals surface area contributed by atoms with Gasteiger partial charge in [0.2, 0.25) is 0 Å². The third-order valence-corrected chi connectivity index (χ3v) is 1.81. The highest BCUT2D eigenvalue weighted by Gasteiger charge is 2.34. The fraction of sp³-hybridized carbons (Fsp3) is 0.250. The summed E-state index contributed by atoms with van der Waals surface area (Å²) in [6.07, 6.45) is -4.47. The van der Waals surface area contributed by atoms with Gasteiger partial charge in [-0.3, -0.25) is 0 Å². The van der Waals surface area contributed by atoms with Gasteiger partial charge < -0.3 is 4.74 Å². The zero-order chi connectivity index (χ0) is 10.1. The van der Waals surface area contributed by atoms with Crippen LogP contribution in [0, 0.1) is 6.07 Å². The summed E-state index contributed by atoms with van der Waals surface area (Å²) in [5.41, 5.74) is -0.937. The van der Waals surface area contributed by atoms with Gasteiger partial charge in [-0.1, -0.05) is 11.6 Å². The molecule has 0 aliphatic heterocycles. The maximum Gasteiger partial charge on any atom is 0.418 e. The SMILES string of the molecule is COc1c[c]cc(C(F)(F)F)c1Cl. The van der Waals surface area contributed by atoms with Gasteiger partial charge in [0.1, 0.15) is 5.75 Å². The normalized spacial score (nSPS) is 11.5. The maximum atomic E-state index is 12.2. The van der Waals surface area contributed by atoms with Crippen LogP contribution in [0.4, 0.5) is 13.2 Å². The Morgan fingerprint density at radius 2 is 2.00 bits per heavy atom. The Bertz CT molecular complexity index is 309. The van der Waals surface area contributed by atoms with E-state index in [9.17, 15) is 13.2 Å². The van der Waals surface area contributed by atoms with E-state index in [2.05, 4.69) is 10.8 Å². The number of ether oxygens (including phenoxy) is 1. The summed E-state index contributed by atoms with van der Waals surface area (Å²) in [6, 6.07) is 4.33. The van der Waals surface area contributed by atoms with Gasteiger partial charge in [0.15, 0.2) is 0 Å². The summed E-state index contributed by atoms with van der Waals surface area (Å²) >= 11 is 5.43. The number of methoxy groups -OCH3 is 1. The fourth-order valence-corrected chi connectivity index (χ4v) is 1.11. The number of hydrogen-bond donors (Lipinski definition) is 0. The minimum atomic E-state index is -4.47. The molecule has 1 rings (SSSR count). The molecule has 1 nitrogen and oxygen atoms in total. The second-order valence-corrected chi connectivity index (χ2v) is 2.63. The Balaban J connectivity index is 3.24. The monoisotopic (exact) mass is 209 g/mol. The van der Waals surface area contributed by atoms with Crippen LogP contribution in [0.1, 0.15) is 5.56 Å². The van der Waals surface area contributed by atoms with Crippen LogP contribution in [0.25, 0.3) is 0 Å². The van der Waals surface area contributed by atoms with Crippen LogP contribution in [0.3, 0.4) is 0 Å². The number of alkyl halides is 3. The van der Waals surface area contributed by atoms with Crippen LogP contribution in [0.5, 0.6) is 5.75 Å². The molecule has 1 radical (unpaired) electrons. The van der Waals surface area contributed by atoms with E-state index in [1.165, 1.54) is 13.2 Å². The number of rotatable bonds is 1. The Morgan fingerprint density at radius 3 is 2.46 bits per heavy atom. The molecular formula is C8H5ClF3O. The molecule has 0 bridgehead atoms. The molecule has 0 atom stereocenters. The van der Waals surface area contributed by atoms with Crippen molar-refractivity contribution in [2.45, 2.75) is 6.18 Å². The summed E-state index contributed by atoms with van der Waals surface area (Å²) in [6.45, 7) is 0. The number of benzene rings is 1. The van der Waals surface area contributed by atoms with Crippen molar-refractivity contribution in [1.29, 1.82) is 0 Å². The molecular weight excluding hydrogens is 205 g/mol. The van der Waals surface area contributed by atoms with Gasteiger partial charge in [0.25, 0.3) is 0 Å². The molecule has 0 fully saturated rings. The van der Waals surface area contributed by atoms with E-state index in [1.54, 1.807) is 0 Å². The van der Waals surface area contributed by atoms with Gasteiger partial charge in [-0.05, 0) is 18.2 Å². The summed E-state index contributed by atoms with van der Waals surface area (Å²) < 4.78 is 41.2. The van der Waals surface area contributed by atoms with Crippen molar-refractivity contribution >= 4 is 11.6 Å². The molecule has 0 unspecified atom stereocenters. The van der Waals surface area contributed by atoms with Gasteiger partial charge in [0, 0.05) is 0 Å². The van der Waals surface area contributed by atoms with E-state index >= 15 is 0 Å². The van der Waals surface area contributed by atoms with Crippen molar-refractivity contribution in [3.63, 3.8) is 0 Å². The minimum absolute atomic E-state index is 0.0310. The topological polar surface area (TPSA) is 9.23 Å². The Kier molecular flexibility index (Phi) is 2.71. The van der Waals surface area contributed by atoms with Crippen LogP contribution in [0.15, 0.2) is 12.1 Å². The third kappa shape index (κ3) is 2.06. The van der Waals surface area contributed by atoms with E-state index < -0.39 is 16.8 Å². The predicted molar refractivity (Wildman–Crippen MR) is 41.8 cm³/mol. The van der Waals surface area contributed by atoms with E-state index in [4.69, 9.17) is 11.6 Å². The highest BCUT2D eigenvalue weighted by molar-refractivity contribution is 6.32. The molecule has 1 aromatic carbocycles. The van der Waals surface area contributed by atoms with Gasteiger partial charge in [0.05, 0.1) is 17.7 Å². The lowest BCUT2D eigenvalue weighted by molar-refractivity contribution is -0.137. The van der Waals surface area contributed by atoms with Gasteiger partial charge in [-0.15, -0.1) is 0 Å². The van der Waals surface area contributed by atoms with Crippen molar-refractivity contribution in [3.05, 3.63) is 28.8 Å². The number of halogens is 4. The molecule has 5 heteroatoms. The van der Waals surface area contributed by atoms with Crippen LogP contribution in [-0.2, 0) is 6.18 Å². The molecule has 13 heavy (non-hydrogen) atoms. The second kappa shape index (κ2) is 3.46. The van der Waals surface area contributed by atoms with E-state index in [0.29, 0.717) is 0 Å². The zero-order valence-electron chi connectivity index (χ0n) is 6.57. The lowest BCUT2D eigenvalue weighted by Crippen LogP contribution is -2.06. The highest BCUT2D eigenvalue weighted by Crippen LogP contribution is 2.38. The largest absolute Gasteiger partial charge is 0.495 e. The summed E-state index contributed by atoms with van der Waals surface area (Å²) in [5.74, 6) is -0.0310. The predicted octanol–water partition coefficient (Wildman–Crippen LogP) is 3.17. The average molecular weight is 210 g/mol. The molecule has 0 saturated carbocycles.